The summed E-state index contributed by atoms with van der Waals surface area (Å²) in [7, 11) is 0. The lowest BCUT2D eigenvalue weighted by molar-refractivity contribution is -0.233. The van der Waals surface area contributed by atoms with Crippen LogP contribution in [0.1, 0.15) is 53.4 Å². The number of rotatable bonds is 1. The monoisotopic (exact) mass is 530 g/mol. The van der Waals surface area contributed by atoms with E-state index in [1.54, 1.807) is 25.2 Å². The number of esters is 2. The predicted octanol–water partition coefficient (Wildman–Crippen LogP) is 2.55. The average Bonchev–Trinajstić information content (AvgIpc) is 3.77. The fraction of sp³-hybridized carbons (Fsp3) is 0.724. The lowest BCUT2D eigenvalue weighted by Gasteiger charge is -2.58. The summed E-state index contributed by atoms with van der Waals surface area (Å²) >= 11 is 0. The fourth-order valence-electron chi connectivity index (χ4n) is 7.37. The smallest absolute Gasteiger partial charge is 0.338 e. The standard InChI is InChI=1S/C29H38O9/c1-17-9-10-28-15-34-25(32)24-26(3,38-24)11-12-33-19(18(2)30)7-5-6-8-23(31)37-20-14-22(36-21(28)13-17)29(16-35-29)27(20,28)4/h5-8,13,18-22,24,30H,9-12,14-16H2,1-4H3/b7-5+,8-6-/t18-,19-,20-,21-,22-,24-,26-,27-,28-,29+/m1/s1. The van der Waals surface area contributed by atoms with Crippen LogP contribution in [0.25, 0.3) is 0 Å². The Hall–Kier alpha value is -2.04. The summed E-state index contributed by atoms with van der Waals surface area (Å²) in [5.74, 6) is -0.876. The Morgan fingerprint density at radius 2 is 1.89 bits per heavy atom. The maximum atomic E-state index is 13.2. The van der Waals surface area contributed by atoms with Gasteiger partial charge >= 0.3 is 11.9 Å². The zero-order valence-corrected chi connectivity index (χ0v) is 22.5. The fourth-order valence-corrected chi connectivity index (χ4v) is 7.37. The second kappa shape index (κ2) is 8.99. The first-order valence-electron chi connectivity index (χ1n) is 13.7. The molecule has 1 N–H and O–H groups in total. The van der Waals surface area contributed by atoms with Gasteiger partial charge in [-0.25, -0.2) is 9.59 Å². The molecule has 4 heterocycles. The van der Waals surface area contributed by atoms with E-state index in [4.69, 9.17) is 28.4 Å². The topological polar surface area (TPSA) is 116 Å². The van der Waals surface area contributed by atoms with Crippen molar-refractivity contribution >= 4 is 11.9 Å². The average molecular weight is 531 g/mol. The molecular formula is C29H38O9. The van der Waals surface area contributed by atoms with Crippen molar-refractivity contribution in [3.8, 4) is 0 Å². The number of hydrogen-bond acceptors (Lipinski definition) is 9. The molecule has 9 nitrogen and oxygen atoms in total. The zero-order chi connectivity index (χ0) is 26.9. The van der Waals surface area contributed by atoms with E-state index in [0.717, 1.165) is 12.8 Å². The molecule has 2 bridgehead atoms. The molecule has 0 amide bonds. The van der Waals surface area contributed by atoms with Gasteiger partial charge in [0.05, 0.1) is 36.9 Å². The van der Waals surface area contributed by atoms with Gasteiger partial charge in [-0.3, -0.25) is 0 Å². The molecule has 6 aliphatic rings. The van der Waals surface area contributed by atoms with Gasteiger partial charge in [0.15, 0.2) is 6.10 Å². The number of carbonyl (C=O) groups is 2. The van der Waals surface area contributed by atoms with Crippen molar-refractivity contribution in [2.45, 2.75) is 101 Å². The molecular weight excluding hydrogens is 492 g/mol. The number of cyclic esters (lactones) is 1. The van der Waals surface area contributed by atoms with Crippen LogP contribution in [0.4, 0.5) is 0 Å². The van der Waals surface area contributed by atoms with Crippen molar-refractivity contribution in [3.05, 3.63) is 36.0 Å². The predicted molar refractivity (Wildman–Crippen MR) is 134 cm³/mol. The van der Waals surface area contributed by atoms with Crippen molar-refractivity contribution in [1.82, 2.24) is 0 Å². The van der Waals surface area contributed by atoms with E-state index in [-0.39, 0.29) is 25.4 Å². The first-order valence-corrected chi connectivity index (χ1v) is 13.7. The van der Waals surface area contributed by atoms with Crippen LogP contribution in [0.2, 0.25) is 0 Å². The van der Waals surface area contributed by atoms with E-state index in [9.17, 15) is 14.7 Å². The van der Waals surface area contributed by atoms with E-state index in [1.165, 1.54) is 11.6 Å². The maximum Gasteiger partial charge on any atom is 0.338 e. The van der Waals surface area contributed by atoms with E-state index >= 15 is 0 Å². The van der Waals surface area contributed by atoms with Crippen LogP contribution < -0.4 is 0 Å². The number of fused-ring (bicyclic) bond motifs is 1. The van der Waals surface area contributed by atoms with Crippen LogP contribution >= 0.6 is 0 Å². The minimum Gasteiger partial charge on any atom is -0.463 e. The molecule has 0 aromatic rings. The molecule has 4 fully saturated rings. The maximum absolute atomic E-state index is 13.2. The van der Waals surface area contributed by atoms with Crippen molar-refractivity contribution < 1.29 is 43.1 Å². The zero-order valence-electron chi connectivity index (χ0n) is 22.5. The number of allylic oxidation sites excluding steroid dienone is 3. The largest absolute Gasteiger partial charge is 0.463 e. The Labute approximate surface area is 223 Å². The highest BCUT2D eigenvalue weighted by molar-refractivity contribution is 5.82. The highest BCUT2D eigenvalue weighted by atomic mass is 16.7. The Morgan fingerprint density at radius 1 is 1.11 bits per heavy atom. The molecule has 38 heavy (non-hydrogen) atoms. The van der Waals surface area contributed by atoms with Crippen LogP contribution in [0.5, 0.6) is 0 Å². The van der Waals surface area contributed by atoms with Gasteiger partial charge in [-0.15, -0.1) is 0 Å². The highest BCUT2D eigenvalue weighted by Gasteiger charge is 2.83. The SMILES string of the molecule is CC1=C[C@H]2O[C@@H]3C[C@H]4OC(=O)/C=C\C=C\[C@H]([C@@H](C)O)OCC[C@@]5(C)O[C@@H]5C(=O)OC[C@@]2(CC1)[C@]4(C)[C@]31CO1. The van der Waals surface area contributed by atoms with Crippen molar-refractivity contribution in [2.75, 3.05) is 19.8 Å². The van der Waals surface area contributed by atoms with Gasteiger partial charge in [-0.2, -0.15) is 0 Å². The van der Waals surface area contributed by atoms with Crippen LogP contribution in [-0.2, 0) is 38.0 Å². The normalized spacial score (nSPS) is 50.8. The first kappa shape index (κ1) is 26.2. The quantitative estimate of drug-likeness (QED) is 0.310. The molecule has 10 atom stereocenters. The van der Waals surface area contributed by atoms with Crippen molar-refractivity contribution in [1.29, 1.82) is 0 Å². The van der Waals surface area contributed by atoms with E-state index < -0.39 is 58.4 Å². The third kappa shape index (κ3) is 3.84. The number of aliphatic hydroxyl groups is 1. The van der Waals surface area contributed by atoms with E-state index in [1.807, 2.05) is 6.92 Å². The molecule has 6 rings (SSSR count). The Kier molecular flexibility index (Phi) is 6.20. The van der Waals surface area contributed by atoms with Gasteiger partial charge in [-0.1, -0.05) is 36.8 Å². The number of ether oxygens (including phenoxy) is 6. The molecule has 3 saturated heterocycles. The second-order valence-corrected chi connectivity index (χ2v) is 12.2. The second-order valence-electron chi connectivity index (χ2n) is 12.2. The van der Waals surface area contributed by atoms with Gasteiger partial charge in [-0.05, 0) is 33.6 Å². The molecule has 4 aliphatic heterocycles. The van der Waals surface area contributed by atoms with E-state index in [2.05, 4.69) is 19.9 Å². The summed E-state index contributed by atoms with van der Waals surface area (Å²) in [4.78, 5) is 26.2. The molecule has 0 unspecified atom stereocenters. The summed E-state index contributed by atoms with van der Waals surface area (Å²) < 4.78 is 36.6. The molecule has 0 aromatic heterocycles. The number of hydrogen-bond donors (Lipinski definition) is 1. The summed E-state index contributed by atoms with van der Waals surface area (Å²) in [6.07, 6.45) is 8.08. The van der Waals surface area contributed by atoms with Crippen LogP contribution in [0.15, 0.2) is 36.0 Å². The molecule has 208 valence electrons. The number of carbonyl (C=O) groups excluding carboxylic acids is 2. The molecule has 9 heteroatoms. The number of epoxide rings is 2. The number of aliphatic hydroxyl groups excluding tert-OH is 1. The summed E-state index contributed by atoms with van der Waals surface area (Å²) in [5, 5.41) is 10.1. The van der Waals surface area contributed by atoms with Crippen molar-refractivity contribution in [2.24, 2.45) is 10.8 Å². The first-order chi connectivity index (χ1) is 18.0. The minimum atomic E-state index is -0.754. The Morgan fingerprint density at radius 3 is 2.63 bits per heavy atom. The summed E-state index contributed by atoms with van der Waals surface area (Å²) in [6.45, 7) is 8.66. The molecule has 1 saturated carbocycles. The van der Waals surface area contributed by atoms with Crippen LogP contribution in [-0.4, -0.2) is 84.7 Å². The van der Waals surface area contributed by atoms with Gasteiger partial charge in [0.2, 0.25) is 0 Å². The molecule has 0 radical (unpaired) electrons. The van der Waals surface area contributed by atoms with Crippen molar-refractivity contribution in [3.63, 3.8) is 0 Å². The van der Waals surface area contributed by atoms with Crippen LogP contribution in [0.3, 0.4) is 0 Å². The van der Waals surface area contributed by atoms with Crippen LogP contribution in [0, 0.1) is 10.8 Å². The third-order valence-corrected chi connectivity index (χ3v) is 10.1. The van der Waals surface area contributed by atoms with E-state index in [0.29, 0.717) is 19.4 Å². The third-order valence-electron chi connectivity index (χ3n) is 10.1. The molecule has 2 aliphatic carbocycles. The lowest BCUT2D eigenvalue weighted by Crippen LogP contribution is -2.66. The summed E-state index contributed by atoms with van der Waals surface area (Å²) in [5.41, 5.74) is -1.25. The molecule has 2 spiro atoms. The highest BCUT2D eigenvalue weighted by Crippen LogP contribution is 2.72. The Balaban J connectivity index is 1.35. The summed E-state index contributed by atoms with van der Waals surface area (Å²) in [6, 6.07) is 0. The van der Waals surface area contributed by atoms with Gasteiger partial charge in [0.1, 0.15) is 30.0 Å². The minimum absolute atomic E-state index is 0.123. The van der Waals surface area contributed by atoms with Gasteiger partial charge in [0.25, 0.3) is 0 Å². The van der Waals surface area contributed by atoms with Gasteiger partial charge in [0, 0.05) is 24.3 Å². The van der Waals surface area contributed by atoms with Gasteiger partial charge < -0.3 is 33.5 Å². The Bertz CT molecular complexity index is 1090. The lowest BCUT2D eigenvalue weighted by atomic mass is 9.51. The molecule has 0 aromatic carbocycles.